The molecule has 2 rings (SSSR count). The molecule has 0 aromatic carbocycles. The van der Waals surface area contributed by atoms with Gasteiger partial charge in [0.15, 0.2) is 0 Å². The Balaban J connectivity index is 2.61. The second-order valence-corrected chi connectivity index (χ2v) is 4.40. The maximum atomic E-state index is 4.37. The number of imidazole rings is 1. The zero-order valence-corrected chi connectivity index (χ0v) is 9.69. The summed E-state index contributed by atoms with van der Waals surface area (Å²) < 4.78 is 2.94. The predicted molar refractivity (Wildman–Crippen MR) is 59.8 cm³/mol. The van der Waals surface area contributed by atoms with E-state index in [4.69, 9.17) is 0 Å². The molecule has 2 aromatic heterocycles. The normalized spacial score (nSPS) is 11.4. The first-order chi connectivity index (χ1) is 6.16. The van der Waals surface area contributed by atoms with Gasteiger partial charge in [-0.2, -0.15) is 0 Å². The molecule has 0 amide bonds. The minimum atomic E-state index is 0.458. The van der Waals surface area contributed by atoms with Gasteiger partial charge in [0.2, 0.25) is 0 Å². The molecule has 0 spiro atoms. The smallest absolute Gasteiger partial charge is 0.141 e. The van der Waals surface area contributed by atoms with Crippen LogP contribution in [-0.4, -0.2) is 14.4 Å². The lowest BCUT2D eigenvalue weighted by atomic mass is 10.1. The van der Waals surface area contributed by atoms with Gasteiger partial charge in [-0.3, -0.25) is 4.40 Å². The van der Waals surface area contributed by atoms with Crippen molar-refractivity contribution in [3.63, 3.8) is 0 Å². The van der Waals surface area contributed by atoms with Crippen LogP contribution in [0.5, 0.6) is 0 Å². The molecule has 0 saturated heterocycles. The molecule has 0 unspecified atom stereocenters. The van der Waals surface area contributed by atoms with Crippen LogP contribution < -0.4 is 0 Å². The highest BCUT2D eigenvalue weighted by Crippen LogP contribution is 2.14. The largest absolute Gasteiger partial charge is 0.289 e. The number of nitrogens with zero attached hydrogens (tertiary/aromatic N) is 3. The van der Waals surface area contributed by atoms with E-state index in [2.05, 4.69) is 46.4 Å². The minimum Gasteiger partial charge on any atom is -0.289 e. The van der Waals surface area contributed by atoms with Crippen molar-refractivity contribution < 1.29 is 0 Å². The Morgan fingerprint density at radius 3 is 2.92 bits per heavy atom. The molecule has 0 bridgehead atoms. The van der Waals surface area contributed by atoms with E-state index >= 15 is 0 Å². The number of hydrogen-bond acceptors (Lipinski definition) is 2. The van der Waals surface area contributed by atoms with E-state index in [0.29, 0.717) is 5.92 Å². The molecular formula is C9H10IN3. The van der Waals surface area contributed by atoms with Crippen molar-refractivity contribution in [3.05, 3.63) is 28.0 Å². The molecule has 3 nitrogen and oxygen atoms in total. The molecule has 13 heavy (non-hydrogen) atoms. The SMILES string of the molecule is CC(C)c1cc2nc(I)cn2cn1. The van der Waals surface area contributed by atoms with E-state index in [9.17, 15) is 0 Å². The molecule has 68 valence electrons. The van der Waals surface area contributed by atoms with Crippen molar-refractivity contribution in [1.82, 2.24) is 14.4 Å². The molecule has 0 aliphatic heterocycles. The minimum absolute atomic E-state index is 0.458. The molecule has 0 fully saturated rings. The van der Waals surface area contributed by atoms with E-state index in [0.717, 1.165) is 15.0 Å². The van der Waals surface area contributed by atoms with Crippen LogP contribution in [0.15, 0.2) is 18.6 Å². The lowest BCUT2D eigenvalue weighted by Crippen LogP contribution is -1.95. The number of fused-ring (bicyclic) bond motifs is 1. The average molecular weight is 287 g/mol. The van der Waals surface area contributed by atoms with Gasteiger partial charge in [0.25, 0.3) is 0 Å². The lowest BCUT2D eigenvalue weighted by Gasteiger charge is -2.02. The molecule has 0 saturated carbocycles. The van der Waals surface area contributed by atoms with Crippen LogP contribution in [0.4, 0.5) is 0 Å². The maximum absolute atomic E-state index is 4.37. The standard InChI is InChI=1S/C9H10IN3/c1-6(2)7-3-9-12-8(10)4-13(9)5-11-7/h3-6H,1-2H3. The Morgan fingerprint density at radius 2 is 2.23 bits per heavy atom. The summed E-state index contributed by atoms with van der Waals surface area (Å²) in [5.41, 5.74) is 2.07. The average Bonchev–Trinajstić information content (AvgIpc) is 2.42. The summed E-state index contributed by atoms with van der Waals surface area (Å²) in [6.07, 6.45) is 3.78. The van der Waals surface area contributed by atoms with Crippen LogP contribution in [0, 0.1) is 3.70 Å². The van der Waals surface area contributed by atoms with Gasteiger partial charge in [0, 0.05) is 18.0 Å². The number of aromatic nitrogens is 3. The van der Waals surface area contributed by atoms with Crippen molar-refractivity contribution in [3.8, 4) is 0 Å². The summed E-state index contributed by atoms with van der Waals surface area (Å²) in [7, 11) is 0. The van der Waals surface area contributed by atoms with Gasteiger partial charge < -0.3 is 0 Å². The zero-order chi connectivity index (χ0) is 9.42. The van der Waals surface area contributed by atoms with Gasteiger partial charge in [-0.05, 0) is 28.5 Å². The third-order valence-electron chi connectivity index (χ3n) is 1.93. The monoisotopic (exact) mass is 287 g/mol. The quantitative estimate of drug-likeness (QED) is 0.754. The highest BCUT2D eigenvalue weighted by atomic mass is 127. The number of halogens is 1. The predicted octanol–water partition coefficient (Wildman–Crippen LogP) is 2.46. The van der Waals surface area contributed by atoms with Crippen LogP contribution >= 0.6 is 22.6 Å². The molecule has 0 radical (unpaired) electrons. The second kappa shape index (κ2) is 3.25. The Hall–Kier alpha value is -0.650. The van der Waals surface area contributed by atoms with Crippen LogP contribution in [0.3, 0.4) is 0 Å². The fraction of sp³-hybridized carbons (Fsp3) is 0.333. The first-order valence-corrected chi connectivity index (χ1v) is 5.25. The summed E-state index contributed by atoms with van der Waals surface area (Å²) >= 11 is 2.20. The zero-order valence-electron chi connectivity index (χ0n) is 7.53. The topological polar surface area (TPSA) is 30.2 Å². The summed E-state index contributed by atoms with van der Waals surface area (Å²) in [6, 6.07) is 2.03. The van der Waals surface area contributed by atoms with Gasteiger partial charge >= 0.3 is 0 Å². The second-order valence-electron chi connectivity index (χ2n) is 3.30. The Morgan fingerprint density at radius 1 is 1.46 bits per heavy atom. The molecule has 0 aliphatic rings. The van der Waals surface area contributed by atoms with Crippen LogP contribution in [0.2, 0.25) is 0 Å². The number of hydrogen-bond donors (Lipinski definition) is 0. The van der Waals surface area contributed by atoms with E-state index in [1.54, 1.807) is 0 Å². The molecule has 0 N–H and O–H groups in total. The summed E-state index contributed by atoms with van der Waals surface area (Å²) in [4.78, 5) is 8.71. The van der Waals surface area contributed by atoms with Gasteiger partial charge in [-0.1, -0.05) is 13.8 Å². The van der Waals surface area contributed by atoms with Crippen molar-refractivity contribution in [2.75, 3.05) is 0 Å². The summed E-state index contributed by atoms with van der Waals surface area (Å²) in [5.74, 6) is 0.458. The maximum Gasteiger partial charge on any atom is 0.141 e. The van der Waals surface area contributed by atoms with E-state index in [1.807, 2.05) is 23.0 Å². The Bertz CT molecular complexity index is 433. The summed E-state index contributed by atoms with van der Waals surface area (Å²) in [5, 5.41) is 0. The molecule has 0 aliphatic carbocycles. The fourth-order valence-electron chi connectivity index (χ4n) is 1.19. The van der Waals surface area contributed by atoms with Crippen LogP contribution in [0.25, 0.3) is 5.65 Å². The van der Waals surface area contributed by atoms with Gasteiger partial charge in [0.05, 0.1) is 0 Å². The van der Waals surface area contributed by atoms with Gasteiger partial charge in [0.1, 0.15) is 15.7 Å². The van der Waals surface area contributed by atoms with Gasteiger partial charge in [-0.15, -0.1) is 0 Å². The van der Waals surface area contributed by atoms with Crippen molar-refractivity contribution >= 4 is 28.2 Å². The Labute approximate surface area is 90.3 Å². The highest BCUT2D eigenvalue weighted by molar-refractivity contribution is 14.1. The number of rotatable bonds is 1. The highest BCUT2D eigenvalue weighted by Gasteiger charge is 2.03. The first kappa shape index (κ1) is 8.93. The molecular weight excluding hydrogens is 277 g/mol. The molecule has 2 heterocycles. The van der Waals surface area contributed by atoms with E-state index in [-0.39, 0.29) is 0 Å². The third-order valence-corrected chi connectivity index (χ3v) is 2.45. The van der Waals surface area contributed by atoms with Gasteiger partial charge in [-0.25, -0.2) is 9.97 Å². The molecule has 4 heteroatoms. The van der Waals surface area contributed by atoms with E-state index < -0.39 is 0 Å². The molecule has 2 aromatic rings. The van der Waals surface area contributed by atoms with Crippen molar-refractivity contribution in [2.24, 2.45) is 0 Å². The molecule has 0 atom stereocenters. The summed E-state index contributed by atoms with van der Waals surface area (Å²) in [6.45, 7) is 4.26. The van der Waals surface area contributed by atoms with Crippen LogP contribution in [0.1, 0.15) is 25.5 Å². The first-order valence-electron chi connectivity index (χ1n) is 4.17. The third kappa shape index (κ3) is 1.67. The Kier molecular flexibility index (Phi) is 2.23. The fourth-order valence-corrected chi connectivity index (χ4v) is 1.74. The van der Waals surface area contributed by atoms with E-state index in [1.165, 1.54) is 0 Å². The lowest BCUT2D eigenvalue weighted by molar-refractivity contribution is 0.811. The van der Waals surface area contributed by atoms with Crippen molar-refractivity contribution in [2.45, 2.75) is 19.8 Å². The van der Waals surface area contributed by atoms with Crippen LogP contribution in [-0.2, 0) is 0 Å². The van der Waals surface area contributed by atoms with Crippen molar-refractivity contribution in [1.29, 1.82) is 0 Å².